The molecule has 1 N–H and O–H groups in total. The number of rotatable bonds is 1. The minimum atomic E-state index is 0.646. The summed E-state index contributed by atoms with van der Waals surface area (Å²) in [6.07, 6.45) is 1.21. The molecule has 1 heterocycles. The summed E-state index contributed by atoms with van der Waals surface area (Å²) in [5, 5.41) is 12.0. The predicted octanol–water partition coefficient (Wildman–Crippen LogP) is 1.64. The average molecular weight is 172 g/mol. The maximum atomic E-state index is 8.63. The maximum absolute atomic E-state index is 8.63. The number of benzene rings is 1. The summed E-state index contributed by atoms with van der Waals surface area (Å²) in [6.45, 7) is 2.19. The molecule has 2 heteroatoms. The van der Waals surface area contributed by atoms with Crippen LogP contribution in [0.4, 0.5) is 0 Å². The Bertz CT molecular complexity index is 315. The monoisotopic (exact) mass is 172 g/mol. The summed E-state index contributed by atoms with van der Waals surface area (Å²) < 4.78 is 0. The molecule has 1 saturated heterocycles. The molecule has 1 unspecified atom stereocenters. The van der Waals surface area contributed by atoms with E-state index < -0.39 is 0 Å². The summed E-state index contributed by atoms with van der Waals surface area (Å²) in [5.41, 5.74) is 2.10. The second-order valence-corrected chi connectivity index (χ2v) is 3.42. The highest BCUT2D eigenvalue weighted by Crippen LogP contribution is 2.22. The van der Waals surface area contributed by atoms with Crippen molar-refractivity contribution >= 4 is 0 Å². The van der Waals surface area contributed by atoms with Gasteiger partial charge in [-0.2, -0.15) is 5.26 Å². The molecule has 0 bridgehead atoms. The predicted molar refractivity (Wildman–Crippen MR) is 51.4 cm³/mol. The zero-order valence-corrected chi connectivity index (χ0v) is 7.46. The molecular weight excluding hydrogens is 160 g/mol. The Kier molecular flexibility index (Phi) is 2.29. The zero-order valence-electron chi connectivity index (χ0n) is 7.46. The molecule has 2 nitrogen and oxygen atoms in total. The van der Waals surface area contributed by atoms with Gasteiger partial charge in [0, 0.05) is 6.54 Å². The van der Waals surface area contributed by atoms with Crippen molar-refractivity contribution in [3.8, 4) is 6.07 Å². The Morgan fingerprint density at radius 2 is 2.08 bits per heavy atom. The van der Waals surface area contributed by atoms with Crippen LogP contribution in [0.25, 0.3) is 0 Å². The molecule has 2 rings (SSSR count). The van der Waals surface area contributed by atoms with E-state index in [1.54, 1.807) is 0 Å². The van der Waals surface area contributed by atoms with Crippen LogP contribution in [0.5, 0.6) is 0 Å². The highest BCUT2D eigenvalue weighted by atomic mass is 14.9. The molecule has 0 aliphatic carbocycles. The quantitative estimate of drug-likeness (QED) is 0.699. The van der Waals surface area contributed by atoms with Crippen LogP contribution in [0.2, 0.25) is 0 Å². The van der Waals surface area contributed by atoms with Crippen molar-refractivity contribution in [1.82, 2.24) is 5.32 Å². The first kappa shape index (κ1) is 8.28. The van der Waals surface area contributed by atoms with Crippen molar-refractivity contribution in [2.24, 2.45) is 0 Å². The molecule has 0 radical (unpaired) electrons. The second-order valence-electron chi connectivity index (χ2n) is 3.42. The van der Waals surface area contributed by atoms with E-state index in [4.69, 9.17) is 5.26 Å². The summed E-state index contributed by atoms with van der Waals surface area (Å²) in [5.74, 6) is 0.646. The van der Waals surface area contributed by atoms with E-state index in [-0.39, 0.29) is 0 Å². The zero-order chi connectivity index (χ0) is 9.10. The first-order chi connectivity index (χ1) is 6.40. The van der Waals surface area contributed by atoms with Crippen LogP contribution in [0.1, 0.15) is 23.5 Å². The van der Waals surface area contributed by atoms with Crippen LogP contribution in [0, 0.1) is 11.3 Å². The molecule has 0 amide bonds. The Hall–Kier alpha value is -1.33. The van der Waals surface area contributed by atoms with Gasteiger partial charge in [-0.3, -0.25) is 0 Å². The highest BCUT2D eigenvalue weighted by molar-refractivity contribution is 5.33. The van der Waals surface area contributed by atoms with Crippen LogP contribution in [0.3, 0.4) is 0 Å². The van der Waals surface area contributed by atoms with E-state index in [1.165, 1.54) is 12.0 Å². The topological polar surface area (TPSA) is 35.8 Å². The number of nitrogens with zero attached hydrogens (tertiary/aromatic N) is 1. The molecule has 1 aliphatic heterocycles. The van der Waals surface area contributed by atoms with Gasteiger partial charge in [0.05, 0.1) is 11.6 Å². The number of hydrogen-bond acceptors (Lipinski definition) is 2. The lowest BCUT2D eigenvalue weighted by molar-refractivity contribution is 0.763. The lowest BCUT2D eigenvalue weighted by Gasteiger charge is -2.07. The Balaban J connectivity index is 2.18. The molecule has 0 aromatic heterocycles. The molecular formula is C11H12N2. The van der Waals surface area contributed by atoms with E-state index >= 15 is 0 Å². The molecule has 0 saturated carbocycles. The third-order valence-corrected chi connectivity index (χ3v) is 2.57. The molecule has 66 valence electrons. The minimum Gasteiger partial charge on any atom is -0.316 e. The highest BCUT2D eigenvalue weighted by Gasteiger charge is 2.15. The van der Waals surface area contributed by atoms with Gasteiger partial charge in [-0.25, -0.2) is 0 Å². The van der Waals surface area contributed by atoms with E-state index in [2.05, 4.69) is 23.5 Å². The molecule has 1 fully saturated rings. The van der Waals surface area contributed by atoms with Gasteiger partial charge < -0.3 is 5.32 Å². The fraction of sp³-hybridized carbons (Fsp3) is 0.364. The van der Waals surface area contributed by atoms with Gasteiger partial charge >= 0.3 is 0 Å². The van der Waals surface area contributed by atoms with Crippen molar-refractivity contribution in [2.45, 2.75) is 12.3 Å². The number of nitrogens with one attached hydrogen (secondary N) is 1. The number of hydrogen-bond donors (Lipinski definition) is 1. The van der Waals surface area contributed by atoms with Crippen molar-refractivity contribution in [2.75, 3.05) is 13.1 Å². The second kappa shape index (κ2) is 3.59. The standard InChI is InChI=1S/C11H12N2/c12-7-9-1-3-10(4-2-9)11-5-6-13-8-11/h1-4,11,13H,5-6,8H2. The van der Waals surface area contributed by atoms with Crippen LogP contribution >= 0.6 is 0 Å². The lowest BCUT2D eigenvalue weighted by atomic mass is 9.98. The third-order valence-electron chi connectivity index (χ3n) is 2.57. The van der Waals surface area contributed by atoms with Crippen LogP contribution < -0.4 is 5.32 Å². The molecule has 13 heavy (non-hydrogen) atoms. The number of nitriles is 1. The van der Waals surface area contributed by atoms with E-state index in [0.29, 0.717) is 5.92 Å². The van der Waals surface area contributed by atoms with Gasteiger partial charge in [-0.05, 0) is 36.6 Å². The van der Waals surface area contributed by atoms with Gasteiger partial charge in [-0.15, -0.1) is 0 Å². The van der Waals surface area contributed by atoms with Crippen molar-refractivity contribution < 1.29 is 0 Å². The molecule has 1 atom stereocenters. The van der Waals surface area contributed by atoms with Gasteiger partial charge in [0.25, 0.3) is 0 Å². The SMILES string of the molecule is N#Cc1ccc(C2CCNC2)cc1. The van der Waals surface area contributed by atoms with Crippen molar-refractivity contribution in [3.63, 3.8) is 0 Å². The van der Waals surface area contributed by atoms with Crippen LogP contribution in [0.15, 0.2) is 24.3 Å². The maximum Gasteiger partial charge on any atom is 0.0991 e. The van der Waals surface area contributed by atoms with Gasteiger partial charge in [0.1, 0.15) is 0 Å². The lowest BCUT2D eigenvalue weighted by Crippen LogP contribution is -2.07. The smallest absolute Gasteiger partial charge is 0.0991 e. The summed E-state index contributed by atoms with van der Waals surface area (Å²) in [4.78, 5) is 0. The Labute approximate surface area is 78.2 Å². The first-order valence-corrected chi connectivity index (χ1v) is 4.61. The van der Waals surface area contributed by atoms with Gasteiger partial charge in [-0.1, -0.05) is 12.1 Å². The average Bonchev–Trinajstić information content (AvgIpc) is 2.71. The largest absolute Gasteiger partial charge is 0.316 e. The normalized spacial score (nSPS) is 21.3. The first-order valence-electron chi connectivity index (χ1n) is 4.61. The van der Waals surface area contributed by atoms with Crippen molar-refractivity contribution in [1.29, 1.82) is 5.26 Å². The third kappa shape index (κ3) is 1.71. The summed E-state index contributed by atoms with van der Waals surface area (Å²) in [6, 6.07) is 10.1. The molecule has 1 aromatic rings. The van der Waals surface area contributed by atoms with Gasteiger partial charge in [0.15, 0.2) is 0 Å². The Morgan fingerprint density at radius 3 is 2.62 bits per heavy atom. The van der Waals surface area contributed by atoms with Gasteiger partial charge in [0.2, 0.25) is 0 Å². The summed E-state index contributed by atoms with van der Waals surface area (Å²) in [7, 11) is 0. The van der Waals surface area contributed by atoms with E-state index in [0.717, 1.165) is 18.7 Å². The van der Waals surface area contributed by atoms with Crippen LogP contribution in [-0.2, 0) is 0 Å². The molecule has 0 spiro atoms. The Morgan fingerprint density at radius 1 is 1.31 bits per heavy atom. The van der Waals surface area contributed by atoms with E-state index in [9.17, 15) is 0 Å². The molecule has 1 aromatic carbocycles. The van der Waals surface area contributed by atoms with Crippen molar-refractivity contribution in [3.05, 3.63) is 35.4 Å². The summed E-state index contributed by atoms with van der Waals surface area (Å²) >= 11 is 0. The molecule has 1 aliphatic rings. The fourth-order valence-electron chi connectivity index (χ4n) is 1.77. The van der Waals surface area contributed by atoms with Crippen LogP contribution in [-0.4, -0.2) is 13.1 Å². The van der Waals surface area contributed by atoms with E-state index in [1.807, 2.05) is 12.1 Å². The minimum absolute atomic E-state index is 0.646. The fourth-order valence-corrected chi connectivity index (χ4v) is 1.77.